The smallest absolute Gasteiger partial charge is 0.326 e. The molecule has 0 bridgehead atoms. The zero-order chi connectivity index (χ0) is 28.6. The first-order chi connectivity index (χ1) is 19.2. The molecule has 0 saturated carbocycles. The van der Waals surface area contributed by atoms with Crippen molar-refractivity contribution in [1.82, 2.24) is 25.8 Å². The molecular formula is C27H38N8O5. The van der Waals surface area contributed by atoms with Crippen LogP contribution in [0.25, 0.3) is 10.9 Å². The Hall–Kier alpha value is -4.13. The predicted octanol–water partition coefficient (Wildman–Crippen LogP) is -0.439. The molecule has 216 valence electrons. The van der Waals surface area contributed by atoms with E-state index in [-0.39, 0.29) is 31.3 Å². The Bertz CT molecular complexity index is 1250. The number of aliphatic carboxylic acids is 1. The van der Waals surface area contributed by atoms with Gasteiger partial charge in [-0.1, -0.05) is 18.2 Å². The first kappa shape index (κ1) is 28.9. The van der Waals surface area contributed by atoms with Crippen molar-refractivity contribution >= 4 is 40.6 Å². The fourth-order valence-electron chi connectivity index (χ4n) is 5.43. The summed E-state index contributed by atoms with van der Waals surface area (Å²) in [7, 11) is 0. The average molecular weight is 555 g/mol. The molecule has 1 aromatic carbocycles. The minimum absolute atomic E-state index is 0.0665. The summed E-state index contributed by atoms with van der Waals surface area (Å²) in [5.74, 6) is -2.42. The number of carbonyl (C=O) groups is 4. The van der Waals surface area contributed by atoms with Crippen molar-refractivity contribution in [1.29, 1.82) is 0 Å². The molecule has 2 saturated heterocycles. The number of aromatic nitrogens is 1. The molecule has 13 nitrogen and oxygen atoms in total. The Labute approximate surface area is 232 Å². The lowest BCUT2D eigenvalue weighted by Gasteiger charge is -2.29. The van der Waals surface area contributed by atoms with Crippen molar-refractivity contribution in [2.24, 2.45) is 16.5 Å². The number of hydrogen-bond acceptors (Lipinski definition) is 6. The van der Waals surface area contributed by atoms with Gasteiger partial charge in [0.05, 0.1) is 6.04 Å². The van der Waals surface area contributed by atoms with Crippen LogP contribution in [0.1, 0.15) is 44.1 Å². The highest BCUT2D eigenvalue weighted by Gasteiger charge is 2.39. The number of carbonyl (C=O) groups excluding carboxylic acids is 3. The highest BCUT2D eigenvalue weighted by molar-refractivity contribution is 5.95. The van der Waals surface area contributed by atoms with Gasteiger partial charge in [-0.3, -0.25) is 19.4 Å². The number of aliphatic imine (C=N–C) groups is 1. The lowest BCUT2D eigenvalue weighted by molar-refractivity contribution is -0.149. The Balaban J connectivity index is 1.56. The van der Waals surface area contributed by atoms with E-state index in [1.54, 1.807) is 6.20 Å². The Morgan fingerprint density at radius 1 is 1.10 bits per heavy atom. The van der Waals surface area contributed by atoms with Gasteiger partial charge in [-0.15, -0.1) is 0 Å². The summed E-state index contributed by atoms with van der Waals surface area (Å²) in [6, 6.07) is 4.30. The molecule has 2 fully saturated rings. The van der Waals surface area contributed by atoms with Gasteiger partial charge in [0.25, 0.3) is 0 Å². The molecule has 0 radical (unpaired) electrons. The standard InChI is InChI=1S/C27H38N8O5/c28-27(29)31-12-4-9-20(33-23(36)19-8-3-11-30-19)24(37)34-21(25(38)35-13-5-10-22(35)26(39)40)14-16-15-32-18-7-2-1-6-17(16)18/h1-2,6-7,15,19-22,30,32H,3-5,8-14H2,(H,33,36)(H,34,37)(H,39,40)(H4,28,29,31). The van der Waals surface area contributed by atoms with E-state index in [9.17, 15) is 24.3 Å². The van der Waals surface area contributed by atoms with E-state index in [1.165, 1.54) is 4.90 Å². The highest BCUT2D eigenvalue weighted by atomic mass is 16.4. The molecule has 4 atom stereocenters. The fourth-order valence-corrected chi connectivity index (χ4v) is 5.43. The number of nitrogens with one attached hydrogen (secondary N) is 4. The van der Waals surface area contributed by atoms with Gasteiger partial charge in [-0.2, -0.15) is 0 Å². The van der Waals surface area contributed by atoms with Crippen molar-refractivity contribution in [2.75, 3.05) is 19.6 Å². The number of amides is 3. The largest absolute Gasteiger partial charge is 0.480 e. The second-order valence-electron chi connectivity index (χ2n) is 10.3. The maximum Gasteiger partial charge on any atom is 0.326 e. The number of likely N-dealkylation sites (tertiary alicyclic amines) is 1. The van der Waals surface area contributed by atoms with Crippen LogP contribution in [0.4, 0.5) is 0 Å². The Morgan fingerprint density at radius 3 is 2.62 bits per heavy atom. The van der Waals surface area contributed by atoms with Crippen LogP contribution in [-0.4, -0.2) is 88.4 Å². The van der Waals surface area contributed by atoms with E-state index in [4.69, 9.17) is 11.5 Å². The van der Waals surface area contributed by atoms with Crippen LogP contribution in [0.3, 0.4) is 0 Å². The van der Waals surface area contributed by atoms with E-state index in [2.05, 4.69) is 25.9 Å². The van der Waals surface area contributed by atoms with Crippen LogP contribution in [0, 0.1) is 0 Å². The molecule has 13 heteroatoms. The molecule has 4 unspecified atom stereocenters. The summed E-state index contributed by atoms with van der Waals surface area (Å²) in [6.45, 7) is 1.29. The van der Waals surface area contributed by atoms with E-state index < -0.39 is 42.0 Å². The Morgan fingerprint density at radius 2 is 1.90 bits per heavy atom. The summed E-state index contributed by atoms with van der Waals surface area (Å²) in [5, 5.41) is 19.4. The molecule has 0 aliphatic carbocycles. The summed E-state index contributed by atoms with van der Waals surface area (Å²) >= 11 is 0. The average Bonchev–Trinajstić information content (AvgIpc) is 3.70. The van der Waals surface area contributed by atoms with Gasteiger partial charge >= 0.3 is 5.97 Å². The van der Waals surface area contributed by atoms with Crippen LogP contribution in [0.5, 0.6) is 0 Å². The third kappa shape index (κ3) is 7.08. The topological polar surface area (TPSA) is 208 Å². The predicted molar refractivity (Wildman–Crippen MR) is 149 cm³/mol. The van der Waals surface area contributed by atoms with E-state index >= 15 is 0 Å². The SMILES string of the molecule is NC(N)=NCCCC(NC(=O)C1CCCN1)C(=O)NC(Cc1c[nH]c2ccccc12)C(=O)N1CCCC1C(=O)O. The number of para-hydroxylation sites is 1. The first-order valence-electron chi connectivity index (χ1n) is 13.7. The summed E-state index contributed by atoms with van der Waals surface area (Å²) in [4.78, 5) is 60.6. The minimum Gasteiger partial charge on any atom is -0.480 e. The summed E-state index contributed by atoms with van der Waals surface area (Å²) in [6.07, 6.45) is 5.05. The number of carboxylic acid groups (broad SMARTS) is 1. The van der Waals surface area contributed by atoms with Crippen molar-refractivity contribution in [3.05, 3.63) is 36.0 Å². The molecule has 2 aliphatic heterocycles. The number of nitrogens with two attached hydrogens (primary N) is 2. The number of aromatic amines is 1. The zero-order valence-corrected chi connectivity index (χ0v) is 22.4. The maximum atomic E-state index is 13.7. The van der Waals surface area contributed by atoms with Crippen molar-refractivity contribution in [3.8, 4) is 0 Å². The Kier molecular flexibility index (Phi) is 9.59. The number of fused-ring (bicyclic) bond motifs is 1. The molecule has 4 rings (SSSR count). The van der Waals surface area contributed by atoms with Gasteiger partial charge in [0.2, 0.25) is 17.7 Å². The monoisotopic (exact) mass is 554 g/mol. The maximum absolute atomic E-state index is 13.7. The van der Waals surface area contributed by atoms with Crippen LogP contribution >= 0.6 is 0 Å². The second kappa shape index (κ2) is 13.3. The molecule has 3 heterocycles. The van der Waals surface area contributed by atoms with Gasteiger partial charge in [-0.05, 0) is 56.7 Å². The molecule has 3 amide bonds. The number of rotatable bonds is 12. The number of hydrogen-bond donors (Lipinski definition) is 7. The lowest BCUT2D eigenvalue weighted by Crippen LogP contribution is -2.57. The van der Waals surface area contributed by atoms with Gasteiger partial charge in [-0.25, -0.2) is 4.79 Å². The first-order valence-corrected chi connectivity index (χ1v) is 13.7. The van der Waals surface area contributed by atoms with Crippen molar-refractivity contribution < 1.29 is 24.3 Å². The second-order valence-corrected chi connectivity index (χ2v) is 10.3. The molecule has 40 heavy (non-hydrogen) atoms. The molecule has 2 aliphatic rings. The van der Waals surface area contributed by atoms with Gasteiger partial charge in [0.1, 0.15) is 18.1 Å². The summed E-state index contributed by atoms with van der Waals surface area (Å²) in [5.41, 5.74) is 12.5. The van der Waals surface area contributed by atoms with E-state index in [0.29, 0.717) is 32.2 Å². The molecule has 1 aromatic heterocycles. The number of carboxylic acids is 1. The summed E-state index contributed by atoms with van der Waals surface area (Å²) < 4.78 is 0. The van der Waals surface area contributed by atoms with Crippen LogP contribution < -0.4 is 27.4 Å². The van der Waals surface area contributed by atoms with E-state index in [0.717, 1.165) is 29.4 Å². The van der Waals surface area contributed by atoms with Crippen molar-refractivity contribution in [3.63, 3.8) is 0 Å². The molecule has 0 spiro atoms. The van der Waals surface area contributed by atoms with Gasteiger partial charge in [0, 0.05) is 36.6 Å². The molecule has 2 aromatic rings. The number of H-pyrrole nitrogens is 1. The minimum atomic E-state index is -1.07. The molecule has 9 N–H and O–H groups in total. The zero-order valence-electron chi connectivity index (χ0n) is 22.4. The number of guanidine groups is 1. The quantitative estimate of drug-likeness (QED) is 0.104. The fraction of sp³-hybridized carbons (Fsp3) is 0.519. The van der Waals surface area contributed by atoms with Crippen molar-refractivity contribution in [2.45, 2.75) is 69.1 Å². The lowest BCUT2D eigenvalue weighted by atomic mass is 10.0. The number of nitrogens with zero attached hydrogens (tertiary/aromatic N) is 2. The van der Waals surface area contributed by atoms with Crippen LogP contribution in [0.2, 0.25) is 0 Å². The number of benzene rings is 1. The normalized spacial score (nSPS) is 20.1. The molecular weight excluding hydrogens is 516 g/mol. The van der Waals surface area contributed by atoms with Crippen LogP contribution in [0.15, 0.2) is 35.5 Å². The van der Waals surface area contributed by atoms with Crippen LogP contribution in [-0.2, 0) is 25.6 Å². The van der Waals surface area contributed by atoms with E-state index in [1.807, 2.05) is 24.3 Å². The third-order valence-corrected chi connectivity index (χ3v) is 7.49. The highest BCUT2D eigenvalue weighted by Crippen LogP contribution is 2.23. The van der Waals surface area contributed by atoms with Gasteiger partial charge in [0.15, 0.2) is 5.96 Å². The van der Waals surface area contributed by atoms with Gasteiger partial charge < -0.3 is 42.4 Å². The third-order valence-electron chi connectivity index (χ3n) is 7.49.